The van der Waals surface area contributed by atoms with E-state index in [0.29, 0.717) is 5.56 Å². The minimum atomic E-state index is -0.833. The minimum absolute atomic E-state index is 0.0782. The number of hydrogen-bond donors (Lipinski definition) is 2. The summed E-state index contributed by atoms with van der Waals surface area (Å²) in [5.41, 5.74) is 1.68. The number of halogens is 1. The number of aryl methyl sites for hydroxylation is 1. The average molecular weight is 337 g/mol. The van der Waals surface area contributed by atoms with Gasteiger partial charge in [-0.3, -0.25) is 4.79 Å². The number of rotatable bonds is 4. The lowest BCUT2D eigenvalue weighted by Gasteiger charge is -2.22. The fourth-order valence-electron chi connectivity index (χ4n) is 2.46. The van der Waals surface area contributed by atoms with E-state index >= 15 is 0 Å². The molecule has 0 spiro atoms. The molecule has 0 aliphatic carbocycles. The number of benzene rings is 1. The van der Waals surface area contributed by atoms with Gasteiger partial charge in [0, 0.05) is 11.4 Å². The standard InChI is InChI=1S/C16H16FNO2S2/c17-11-3-1-10(2-4-11)13(19)9-18-16(20)15-12-5-7-21-14(12)6-8-22-15/h1-5,7,13,15,19H,6,8-9H2,(H,18,20). The van der Waals surface area contributed by atoms with Crippen molar-refractivity contribution in [2.45, 2.75) is 17.8 Å². The van der Waals surface area contributed by atoms with Crippen LogP contribution in [-0.2, 0) is 11.2 Å². The van der Waals surface area contributed by atoms with Gasteiger partial charge < -0.3 is 10.4 Å². The van der Waals surface area contributed by atoms with Crippen LogP contribution in [0.5, 0.6) is 0 Å². The Morgan fingerprint density at radius 2 is 2.14 bits per heavy atom. The van der Waals surface area contributed by atoms with E-state index < -0.39 is 6.10 Å². The van der Waals surface area contributed by atoms with E-state index in [9.17, 15) is 14.3 Å². The number of amides is 1. The van der Waals surface area contributed by atoms with Crippen molar-refractivity contribution in [2.24, 2.45) is 0 Å². The lowest BCUT2D eigenvalue weighted by Crippen LogP contribution is -2.32. The maximum atomic E-state index is 12.9. The molecule has 3 nitrogen and oxygen atoms in total. The van der Waals surface area contributed by atoms with E-state index in [2.05, 4.69) is 5.32 Å². The monoisotopic (exact) mass is 337 g/mol. The summed E-state index contributed by atoms with van der Waals surface area (Å²) in [5, 5.41) is 14.7. The zero-order valence-electron chi connectivity index (χ0n) is 11.8. The second-order valence-corrected chi connectivity index (χ2v) is 7.33. The summed E-state index contributed by atoms with van der Waals surface area (Å²) in [6.07, 6.45) is 0.180. The zero-order chi connectivity index (χ0) is 15.5. The molecule has 0 bridgehead atoms. The van der Waals surface area contributed by atoms with Gasteiger partial charge in [0.25, 0.3) is 0 Å². The van der Waals surface area contributed by atoms with Crippen LogP contribution in [0.15, 0.2) is 35.7 Å². The summed E-state index contributed by atoms with van der Waals surface area (Å²) in [5.74, 6) is 0.514. The maximum absolute atomic E-state index is 12.9. The lowest BCUT2D eigenvalue weighted by molar-refractivity contribution is -0.121. The topological polar surface area (TPSA) is 49.3 Å². The molecule has 1 aromatic carbocycles. The molecule has 6 heteroatoms. The number of aliphatic hydroxyl groups excluding tert-OH is 1. The number of fused-ring (bicyclic) bond motifs is 1. The Labute approximate surface area is 136 Å². The first-order chi connectivity index (χ1) is 10.6. The van der Waals surface area contributed by atoms with Crippen LogP contribution in [0.25, 0.3) is 0 Å². The number of thioether (sulfide) groups is 1. The molecule has 116 valence electrons. The number of carbonyl (C=O) groups is 1. The van der Waals surface area contributed by atoms with E-state index in [0.717, 1.165) is 17.7 Å². The molecule has 1 aliphatic heterocycles. The van der Waals surface area contributed by atoms with Crippen LogP contribution in [0.1, 0.15) is 27.4 Å². The molecule has 1 aromatic heterocycles. The molecule has 0 saturated heterocycles. The van der Waals surface area contributed by atoms with Crippen molar-refractivity contribution in [3.63, 3.8) is 0 Å². The molecule has 0 saturated carbocycles. The lowest BCUT2D eigenvalue weighted by atomic mass is 10.1. The van der Waals surface area contributed by atoms with Crippen LogP contribution >= 0.6 is 23.1 Å². The first kappa shape index (κ1) is 15.5. The van der Waals surface area contributed by atoms with E-state index in [1.165, 1.54) is 29.1 Å². The van der Waals surface area contributed by atoms with E-state index in [1.54, 1.807) is 23.1 Å². The maximum Gasteiger partial charge on any atom is 0.237 e. The van der Waals surface area contributed by atoms with Gasteiger partial charge in [-0.25, -0.2) is 4.39 Å². The van der Waals surface area contributed by atoms with Crippen molar-refractivity contribution in [1.82, 2.24) is 5.32 Å². The minimum Gasteiger partial charge on any atom is -0.387 e. The third kappa shape index (κ3) is 3.34. The Morgan fingerprint density at radius 1 is 1.36 bits per heavy atom. The average Bonchev–Trinajstić information content (AvgIpc) is 3.01. The summed E-state index contributed by atoms with van der Waals surface area (Å²) in [6.45, 7) is 0.126. The second kappa shape index (κ2) is 6.81. The summed E-state index contributed by atoms with van der Waals surface area (Å²) >= 11 is 3.32. The third-order valence-corrected chi connectivity index (χ3v) is 5.88. The molecule has 3 rings (SSSR count). The quantitative estimate of drug-likeness (QED) is 0.901. The van der Waals surface area contributed by atoms with Crippen LogP contribution in [0, 0.1) is 5.82 Å². The zero-order valence-corrected chi connectivity index (χ0v) is 13.4. The molecule has 0 fully saturated rings. The second-order valence-electron chi connectivity index (χ2n) is 5.11. The Balaban J connectivity index is 1.60. The third-order valence-electron chi connectivity index (χ3n) is 3.64. The van der Waals surface area contributed by atoms with Crippen molar-refractivity contribution < 1.29 is 14.3 Å². The van der Waals surface area contributed by atoms with Crippen molar-refractivity contribution in [3.8, 4) is 0 Å². The first-order valence-electron chi connectivity index (χ1n) is 7.04. The van der Waals surface area contributed by atoms with E-state index in [-0.39, 0.29) is 23.5 Å². The molecule has 1 amide bonds. The summed E-state index contributed by atoms with van der Waals surface area (Å²) in [4.78, 5) is 13.6. The highest BCUT2D eigenvalue weighted by Crippen LogP contribution is 2.39. The Morgan fingerprint density at radius 3 is 2.91 bits per heavy atom. The first-order valence-corrected chi connectivity index (χ1v) is 8.97. The van der Waals surface area contributed by atoms with E-state index in [1.807, 2.05) is 11.4 Å². The summed E-state index contributed by atoms with van der Waals surface area (Å²) in [7, 11) is 0. The number of carbonyl (C=O) groups excluding carboxylic acids is 1. The number of thiophene rings is 1. The Bertz CT molecular complexity index is 656. The van der Waals surface area contributed by atoms with Gasteiger partial charge in [-0.2, -0.15) is 0 Å². The molecule has 0 radical (unpaired) electrons. The SMILES string of the molecule is O=C(NCC(O)c1ccc(F)cc1)C1SCCc2sccc21. The largest absolute Gasteiger partial charge is 0.387 e. The molecular weight excluding hydrogens is 321 g/mol. The fraction of sp³-hybridized carbons (Fsp3) is 0.312. The molecule has 2 N–H and O–H groups in total. The summed E-state index contributed by atoms with van der Waals surface area (Å²) in [6, 6.07) is 7.66. The molecular formula is C16H16FNO2S2. The normalized spacial score (nSPS) is 18.5. The van der Waals surface area contributed by atoms with E-state index in [4.69, 9.17) is 0 Å². The molecule has 2 atom stereocenters. The molecule has 2 heterocycles. The number of hydrogen-bond acceptors (Lipinski definition) is 4. The van der Waals surface area contributed by atoms with Gasteiger partial charge in [0.2, 0.25) is 5.91 Å². The van der Waals surface area contributed by atoms with Gasteiger partial charge in [-0.05, 0) is 46.9 Å². The fourth-order valence-corrected chi connectivity index (χ4v) is 4.77. The smallest absolute Gasteiger partial charge is 0.237 e. The highest BCUT2D eigenvalue weighted by atomic mass is 32.2. The predicted molar refractivity (Wildman–Crippen MR) is 87.6 cm³/mol. The molecule has 2 aromatic rings. The van der Waals surface area contributed by atoms with Gasteiger partial charge in [0.05, 0.1) is 6.10 Å². The highest BCUT2D eigenvalue weighted by molar-refractivity contribution is 8.00. The molecule has 2 unspecified atom stereocenters. The molecule has 22 heavy (non-hydrogen) atoms. The summed E-state index contributed by atoms with van der Waals surface area (Å²) < 4.78 is 12.9. The van der Waals surface area contributed by atoms with Crippen molar-refractivity contribution in [1.29, 1.82) is 0 Å². The van der Waals surface area contributed by atoms with Crippen LogP contribution in [0.2, 0.25) is 0 Å². The molecule has 1 aliphatic rings. The predicted octanol–water partition coefficient (Wildman–Crippen LogP) is 3.07. The van der Waals surface area contributed by atoms with Crippen molar-refractivity contribution in [2.75, 3.05) is 12.3 Å². The Kier molecular flexibility index (Phi) is 4.81. The Hall–Kier alpha value is -1.37. The van der Waals surface area contributed by atoms with Crippen molar-refractivity contribution in [3.05, 3.63) is 57.5 Å². The van der Waals surface area contributed by atoms with Gasteiger partial charge in [-0.15, -0.1) is 23.1 Å². The van der Waals surface area contributed by atoms with Gasteiger partial charge in [0.1, 0.15) is 11.1 Å². The highest BCUT2D eigenvalue weighted by Gasteiger charge is 2.28. The van der Waals surface area contributed by atoms with Crippen LogP contribution in [-0.4, -0.2) is 23.3 Å². The van der Waals surface area contributed by atoms with Crippen LogP contribution in [0.4, 0.5) is 4.39 Å². The number of nitrogens with one attached hydrogen (secondary N) is 1. The van der Waals surface area contributed by atoms with Gasteiger partial charge in [-0.1, -0.05) is 12.1 Å². The van der Waals surface area contributed by atoms with Gasteiger partial charge in [0.15, 0.2) is 0 Å². The number of aliphatic hydroxyl groups is 1. The van der Waals surface area contributed by atoms with Crippen LogP contribution < -0.4 is 5.32 Å². The van der Waals surface area contributed by atoms with Crippen molar-refractivity contribution >= 4 is 29.0 Å². The van der Waals surface area contributed by atoms with Gasteiger partial charge >= 0.3 is 0 Å². The van der Waals surface area contributed by atoms with Crippen LogP contribution in [0.3, 0.4) is 0 Å².